The average molecular weight is 474 g/mol. The molecule has 1 spiro atoms. The first-order valence-electron chi connectivity index (χ1n) is 12.1. The van der Waals surface area contributed by atoms with Crippen molar-refractivity contribution in [2.45, 2.75) is 90.7 Å². The number of thiocarbonyl (C=S) groups is 1. The predicted molar refractivity (Wildman–Crippen MR) is 125 cm³/mol. The molecule has 5 aliphatic rings. The molecular formula is C23H39NO5S2. The fraction of sp³-hybridized carbons (Fsp3) is 0.957. The molecule has 4 heterocycles. The standard InChI is InChI=1S/C23H39NO5S2/c1-6-24(7-2)21(30)31-14-8-13-25-19-16(4)18-10-9-15(3)17-11-12-22(5)27-20(26-19)23(17,18)29-28-22/h15-20H,6-14H2,1-5H3/t15-,16-,17+,18+,19+,20-,22-,23-/m1/s1. The largest absolute Gasteiger partial charge is 0.358 e. The lowest BCUT2D eigenvalue weighted by atomic mass is 9.58. The number of rotatable bonds is 7. The monoisotopic (exact) mass is 473 g/mol. The van der Waals surface area contributed by atoms with E-state index in [1.54, 1.807) is 11.8 Å². The summed E-state index contributed by atoms with van der Waals surface area (Å²) in [6.07, 6.45) is 4.42. The van der Waals surface area contributed by atoms with Gasteiger partial charge in [-0.3, -0.25) is 0 Å². The Morgan fingerprint density at radius 2 is 1.90 bits per heavy atom. The van der Waals surface area contributed by atoms with Crippen molar-refractivity contribution in [3.05, 3.63) is 0 Å². The van der Waals surface area contributed by atoms with Crippen LogP contribution in [-0.4, -0.2) is 58.6 Å². The lowest BCUT2D eigenvalue weighted by Gasteiger charge is -2.60. The molecule has 0 unspecified atom stereocenters. The number of nitrogens with zero attached hydrogens (tertiary/aromatic N) is 1. The normalized spacial score (nSPS) is 43.9. The summed E-state index contributed by atoms with van der Waals surface area (Å²) in [7, 11) is 0. The van der Waals surface area contributed by atoms with Crippen molar-refractivity contribution in [2.75, 3.05) is 25.4 Å². The maximum Gasteiger partial charge on any atom is 0.201 e. The molecule has 4 aliphatic heterocycles. The number of thioether (sulfide) groups is 1. The Labute approximate surface area is 196 Å². The first kappa shape index (κ1) is 24.2. The van der Waals surface area contributed by atoms with Crippen LogP contribution in [0.4, 0.5) is 0 Å². The van der Waals surface area contributed by atoms with Gasteiger partial charge < -0.3 is 19.1 Å². The summed E-state index contributed by atoms with van der Waals surface area (Å²) in [6, 6.07) is 0. The number of hydrogen-bond donors (Lipinski definition) is 0. The van der Waals surface area contributed by atoms with Gasteiger partial charge in [-0.2, -0.15) is 0 Å². The van der Waals surface area contributed by atoms with Gasteiger partial charge in [-0.25, -0.2) is 9.78 Å². The van der Waals surface area contributed by atoms with Crippen LogP contribution in [0, 0.1) is 23.7 Å². The summed E-state index contributed by atoms with van der Waals surface area (Å²) >= 11 is 7.26. The second-order valence-electron chi connectivity index (χ2n) is 9.78. The molecule has 1 saturated carbocycles. The van der Waals surface area contributed by atoms with Crippen LogP contribution in [-0.2, 0) is 24.0 Å². The van der Waals surface area contributed by atoms with Gasteiger partial charge in [-0.05, 0) is 58.3 Å². The lowest BCUT2D eigenvalue weighted by molar-refractivity contribution is -0.577. The van der Waals surface area contributed by atoms with Gasteiger partial charge in [-0.1, -0.05) is 37.8 Å². The third-order valence-electron chi connectivity index (χ3n) is 7.92. The molecular weight excluding hydrogens is 434 g/mol. The lowest BCUT2D eigenvalue weighted by Crippen LogP contribution is -2.70. The molecule has 0 amide bonds. The van der Waals surface area contributed by atoms with E-state index in [2.05, 4.69) is 32.6 Å². The topological polar surface area (TPSA) is 49.4 Å². The molecule has 8 atom stereocenters. The van der Waals surface area contributed by atoms with Crippen molar-refractivity contribution < 1.29 is 24.0 Å². The SMILES string of the molecule is CCN(CC)C(=S)SCCCO[C@H]1O[C@@H]2O[C@@]3(C)CC[C@H]4[C@H](C)CC[C@@H]([C@H]1C)[C@@]24OO3. The van der Waals surface area contributed by atoms with E-state index in [0.29, 0.717) is 24.4 Å². The third-order valence-corrected chi connectivity index (χ3v) is 9.52. The van der Waals surface area contributed by atoms with E-state index in [1.807, 2.05) is 6.92 Å². The molecule has 0 aromatic carbocycles. The number of fused-ring (bicyclic) bond motifs is 2. The molecule has 8 heteroatoms. The minimum atomic E-state index is -0.737. The summed E-state index contributed by atoms with van der Waals surface area (Å²) in [6.45, 7) is 13.4. The van der Waals surface area contributed by atoms with E-state index < -0.39 is 17.7 Å². The van der Waals surface area contributed by atoms with E-state index in [4.69, 9.17) is 36.2 Å². The van der Waals surface area contributed by atoms with Crippen LogP contribution in [0.5, 0.6) is 0 Å². The predicted octanol–water partition coefficient (Wildman–Crippen LogP) is 4.96. The van der Waals surface area contributed by atoms with Gasteiger partial charge in [0, 0.05) is 37.1 Å². The quantitative estimate of drug-likeness (QED) is 0.292. The molecule has 5 rings (SSSR count). The molecule has 0 aromatic heterocycles. The van der Waals surface area contributed by atoms with Crippen molar-refractivity contribution in [3.63, 3.8) is 0 Å². The zero-order chi connectivity index (χ0) is 22.2. The molecule has 0 radical (unpaired) electrons. The summed E-state index contributed by atoms with van der Waals surface area (Å²) < 4.78 is 20.1. The Balaban J connectivity index is 1.36. The summed E-state index contributed by atoms with van der Waals surface area (Å²) in [5.74, 6) is 1.72. The van der Waals surface area contributed by atoms with Crippen LogP contribution in [0.3, 0.4) is 0 Å². The van der Waals surface area contributed by atoms with Crippen LogP contribution in [0.15, 0.2) is 0 Å². The maximum absolute atomic E-state index is 6.47. The van der Waals surface area contributed by atoms with Crippen LogP contribution < -0.4 is 0 Å². The van der Waals surface area contributed by atoms with Crippen molar-refractivity contribution in [3.8, 4) is 0 Å². The highest BCUT2D eigenvalue weighted by atomic mass is 32.2. The Hall–Kier alpha value is 0.0400. The van der Waals surface area contributed by atoms with Gasteiger partial charge in [-0.15, -0.1) is 0 Å². The highest BCUT2D eigenvalue weighted by molar-refractivity contribution is 8.22. The Morgan fingerprint density at radius 3 is 2.65 bits per heavy atom. The summed E-state index contributed by atoms with van der Waals surface area (Å²) in [5, 5.41) is 0. The van der Waals surface area contributed by atoms with Gasteiger partial charge >= 0.3 is 0 Å². The van der Waals surface area contributed by atoms with E-state index in [-0.39, 0.29) is 12.2 Å². The minimum absolute atomic E-state index is 0.227. The van der Waals surface area contributed by atoms with Crippen LogP contribution in [0.2, 0.25) is 0 Å². The Kier molecular flexibility index (Phi) is 7.58. The van der Waals surface area contributed by atoms with E-state index in [1.165, 1.54) is 6.42 Å². The van der Waals surface area contributed by atoms with Crippen molar-refractivity contribution in [2.24, 2.45) is 23.7 Å². The van der Waals surface area contributed by atoms with E-state index in [0.717, 1.165) is 48.8 Å². The van der Waals surface area contributed by atoms with Crippen LogP contribution in [0.1, 0.15) is 66.7 Å². The van der Waals surface area contributed by atoms with Gasteiger partial charge in [0.15, 0.2) is 18.2 Å². The highest BCUT2D eigenvalue weighted by Gasteiger charge is 2.69. The molecule has 4 saturated heterocycles. The van der Waals surface area contributed by atoms with Crippen LogP contribution in [0.25, 0.3) is 0 Å². The second kappa shape index (κ2) is 9.72. The molecule has 178 valence electrons. The summed E-state index contributed by atoms with van der Waals surface area (Å²) in [5.41, 5.74) is -0.515. The average Bonchev–Trinajstić information content (AvgIpc) is 2.98. The molecule has 0 aromatic rings. The Bertz CT molecular complexity index is 649. The molecule has 2 bridgehead atoms. The maximum atomic E-state index is 6.47. The van der Waals surface area contributed by atoms with Crippen molar-refractivity contribution >= 4 is 28.3 Å². The van der Waals surface area contributed by atoms with Crippen molar-refractivity contribution in [1.29, 1.82) is 0 Å². The molecule has 6 nitrogen and oxygen atoms in total. The zero-order valence-corrected chi connectivity index (χ0v) is 21.3. The summed E-state index contributed by atoms with van der Waals surface area (Å²) in [4.78, 5) is 14.3. The molecule has 5 fully saturated rings. The second-order valence-corrected chi connectivity index (χ2v) is 11.5. The van der Waals surface area contributed by atoms with Gasteiger partial charge in [0.1, 0.15) is 4.32 Å². The first-order valence-corrected chi connectivity index (χ1v) is 13.5. The van der Waals surface area contributed by atoms with E-state index in [9.17, 15) is 0 Å². The Morgan fingerprint density at radius 1 is 1.13 bits per heavy atom. The first-order chi connectivity index (χ1) is 14.8. The van der Waals surface area contributed by atoms with Gasteiger partial charge in [0.05, 0.1) is 6.61 Å². The smallest absolute Gasteiger partial charge is 0.201 e. The van der Waals surface area contributed by atoms with E-state index >= 15 is 0 Å². The zero-order valence-electron chi connectivity index (χ0n) is 19.6. The minimum Gasteiger partial charge on any atom is -0.358 e. The number of ether oxygens (including phenoxy) is 3. The van der Waals surface area contributed by atoms with Gasteiger partial charge in [0.25, 0.3) is 0 Å². The molecule has 1 aliphatic carbocycles. The molecule has 0 N–H and O–H groups in total. The fourth-order valence-electron chi connectivity index (χ4n) is 6.05. The van der Waals surface area contributed by atoms with Gasteiger partial charge in [0.2, 0.25) is 5.79 Å². The fourth-order valence-corrected chi connectivity index (χ4v) is 7.44. The van der Waals surface area contributed by atoms with Crippen LogP contribution >= 0.6 is 24.0 Å². The number of hydrogen-bond acceptors (Lipinski definition) is 7. The molecule has 31 heavy (non-hydrogen) atoms. The third kappa shape index (κ3) is 4.43. The highest BCUT2D eigenvalue weighted by Crippen LogP contribution is 2.60. The van der Waals surface area contributed by atoms with Crippen molar-refractivity contribution in [1.82, 2.24) is 4.90 Å².